The summed E-state index contributed by atoms with van der Waals surface area (Å²) in [6, 6.07) is 0. The molecule has 0 saturated heterocycles. The highest BCUT2D eigenvalue weighted by molar-refractivity contribution is 7.19. The molecule has 0 aliphatic heterocycles. The summed E-state index contributed by atoms with van der Waals surface area (Å²) >= 11 is 0. The van der Waals surface area contributed by atoms with Crippen molar-refractivity contribution in [2.24, 2.45) is 5.92 Å². The Balaban J connectivity index is 2.33. The van der Waals surface area contributed by atoms with Gasteiger partial charge in [-0.05, 0) is 25.2 Å². The Kier molecular flexibility index (Phi) is 0.849. The van der Waals surface area contributed by atoms with Gasteiger partial charge in [0.25, 0.3) is 0 Å². The van der Waals surface area contributed by atoms with E-state index in [9.17, 15) is 0 Å². The summed E-state index contributed by atoms with van der Waals surface area (Å²) in [5.41, 5.74) is 0. The first-order valence-electron chi connectivity index (χ1n) is 3.27. The summed E-state index contributed by atoms with van der Waals surface area (Å²) in [4.78, 5) is 0. The Hall–Kier alpha value is 0.170. The van der Waals surface area contributed by atoms with Gasteiger partial charge in [0.2, 0.25) is 0 Å². The van der Waals surface area contributed by atoms with Crippen LogP contribution >= 0.6 is 9.24 Å². The Bertz CT molecular complexity index is 139. The smallest absolute Gasteiger partial charge is 0.00329 e. The van der Waals surface area contributed by atoms with E-state index in [2.05, 4.69) is 21.4 Å². The standard InChI is InChI=1S/C7H11P/c8-7-3-1-6(5-7)2-4-7/h1,3,6H,2,4-5,8H2. The number of allylic oxidation sites excluding steroid dienone is 2. The van der Waals surface area contributed by atoms with Crippen LogP contribution in [-0.4, -0.2) is 5.16 Å². The quantitative estimate of drug-likeness (QED) is 0.344. The zero-order valence-corrected chi connectivity index (χ0v) is 6.09. The van der Waals surface area contributed by atoms with Crippen molar-refractivity contribution in [2.45, 2.75) is 24.4 Å². The number of hydrogen-bond donors (Lipinski definition) is 0. The molecular formula is C7H11P. The summed E-state index contributed by atoms with van der Waals surface area (Å²) in [7, 11) is 2.96. The van der Waals surface area contributed by atoms with Crippen LogP contribution in [0.1, 0.15) is 19.3 Å². The second kappa shape index (κ2) is 1.36. The summed E-state index contributed by atoms with van der Waals surface area (Å²) in [5.74, 6) is 0.937. The molecule has 1 fully saturated rings. The predicted molar refractivity (Wildman–Crippen MR) is 38.9 cm³/mol. The molecule has 0 aromatic rings. The maximum atomic E-state index is 2.96. The van der Waals surface area contributed by atoms with Gasteiger partial charge >= 0.3 is 0 Å². The molecule has 44 valence electrons. The van der Waals surface area contributed by atoms with Gasteiger partial charge in [-0.2, -0.15) is 0 Å². The molecular weight excluding hydrogens is 115 g/mol. The lowest BCUT2D eigenvalue weighted by Crippen LogP contribution is -2.07. The lowest BCUT2D eigenvalue weighted by molar-refractivity contribution is 0.699. The van der Waals surface area contributed by atoms with Crippen LogP contribution in [-0.2, 0) is 0 Å². The highest BCUT2D eigenvalue weighted by Crippen LogP contribution is 2.47. The first-order chi connectivity index (χ1) is 3.79. The summed E-state index contributed by atoms with van der Waals surface area (Å²) in [5, 5.41) is 0.546. The lowest BCUT2D eigenvalue weighted by atomic mass is 10.1. The molecule has 3 unspecified atom stereocenters. The third kappa shape index (κ3) is 0.559. The topological polar surface area (TPSA) is 0 Å². The summed E-state index contributed by atoms with van der Waals surface area (Å²) in [6.07, 6.45) is 8.97. The van der Waals surface area contributed by atoms with Crippen molar-refractivity contribution in [3.8, 4) is 0 Å². The molecule has 1 saturated carbocycles. The number of hydrogen-bond acceptors (Lipinski definition) is 0. The van der Waals surface area contributed by atoms with Crippen LogP contribution in [0.25, 0.3) is 0 Å². The fourth-order valence-corrected chi connectivity index (χ4v) is 2.37. The van der Waals surface area contributed by atoms with E-state index in [0.29, 0.717) is 5.16 Å². The van der Waals surface area contributed by atoms with Crippen LogP contribution < -0.4 is 0 Å². The summed E-state index contributed by atoms with van der Waals surface area (Å²) < 4.78 is 0. The van der Waals surface area contributed by atoms with Crippen LogP contribution in [0.5, 0.6) is 0 Å². The van der Waals surface area contributed by atoms with E-state index < -0.39 is 0 Å². The van der Waals surface area contributed by atoms with E-state index in [0.717, 1.165) is 5.92 Å². The first-order valence-corrected chi connectivity index (χ1v) is 3.84. The van der Waals surface area contributed by atoms with Crippen molar-refractivity contribution in [2.75, 3.05) is 0 Å². The Morgan fingerprint density at radius 1 is 1.62 bits per heavy atom. The Morgan fingerprint density at radius 3 is 2.62 bits per heavy atom. The van der Waals surface area contributed by atoms with Crippen molar-refractivity contribution in [3.05, 3.63) is 12.2 Å². The van der Waals surface area contributed by atoms with Crippen LogP contribution in [0.3, 0.4) is 0 Å². The average Bonchev–Trinajstić information content (AvgIpc) is 2.21. The van der Waals surface area contributed by atoms with Crippen LogP contribution in [0.4, 0.5) is 0 Å². The van der Waals surface area contributed by atoms with E-state index in [1.54, 1.807) is 0 Å². The number of rotatable bonds is 0. The van der Waals surface area contributed by atoms with E-state index >= 15 is 0 Å². The van der Waals surface area contributed by atoms with Crippen molar-refractivity contribution >= 4 is 9.24 Å². The van der Waals surface area contributed by atoms with E-state index in [1.807, 2.05) is 0 Å². The fourth-order valence-electron chi connectivity index (χ4n) is 1.79. The second-order valence-corrected chi connectivity index (χ2v) is 4.24. The Morgan fingerprint density at radius 2 is 2.50 bits per heavy atom. The van der Waals surface area contributed by atoms with Gasteiger partial charge in [0.15, 0.2) is 0 Å². The van der Waals surface area contributed by atoms with Gasteiger partial charge in [0, 0.05) is 5.16 Å². The van der Waals surface area contributed by atoms with Gasteiger partial charge in [0.1, 0.15) is 0 Å². The summed E-state index contributed by atoms with van der Waals surface area (Å²) in [6.45, 7) is 0. The number of fused-ring (bicyclic) bond motifs is 2. The molecule has 0 nitrogen and oxygen atoms in total. The van der Waals surface area contributed by atoms with Gasteiger partial charge in [0.05, 0.1) is 0 Å². The minimum absolute atomic E-state index is 0.546. The van der Waals surface area contributed by atoms with Gasteiger partial charge in [-0.1, -0.05) is 12.2 Å². The molecule has 0 radical (unpaired) electrons. The molecule has 0 aromatic carbocycles. The molecule has 0 heterocycles. The molecule has 0 spiro atoms. The monoisotopic (exact) mass is 126 g/mol. The van der Waals surface area contributed by atoms with Crippen LogP contribution in [0, 0.1) is 5.92 Å². The molecule has 0 amide bonds. The zero-order chi connectivity index (χ0) is 5.61. The highest BCUT2D eigenvalue weighted by Gasteiger charge is 2.36. The predicted octanol–water partition coefficient (Wildman–Crippen LogP) is 1.97. The molecule has 0 aromatic heterocycles. The fraction of sp³-hybridized carbons (Fsp3) is 0.714. The molecule has 2 aliphatic carbocycles. The van der Waals surface area contributed by atoms with Crippen molar-refractivity contribution < 1.29 is 0 Å². The van der Waals surface area contributed by atoms with Crippen LogP contribution in [0.15, 0.2) is 12.2 Å². The van der Waals surface area contributed by atoms with E-state index in [1.165, 1.54) is 19.3 Å². The van der Waals surface area contributed by atoms with Gasteiger partial charge in [-0.15, -0.1) is 9.24 Å². The molecule has 2 rings (SSSR count). The molecule has 8 heavy (non-hydrogen) atoms. The second-order valence-electron chi connectivity index (χ2n) is 3.10. The van der Waals surface area contributed by atoms with Crippen LogP contribution in [0.2, 0.25) is 0 Å². The normalized spacial score (nSPS) is 50.9. The third-order valence-electron chi connectivity index (χ3n) is 2.32. The van der Waals surface area contributed by atoms with Crippen molar-refractivity contribution in [3.63, 3.8) is 0 Å². The SMILES string of the molecule is PC12C=CC(CC1)C2. The average molecular weight is 126 g/mol. The minimum atomic E-state index is 0.546. The molecule has 2 bridgehead atoms. The van der Waals surface area contributed by atoms with Crippen molar-refractivity contribution in [1.29, 1.82) is 0 Å². The van der Waals surface area contributed by atoms with Crippen molar-refractivity contribution in [1.82, 2.24) is 0 Å². The molecule has 1 heteroatoms. The third-order valence-corrected chi connectivity index (χ3v) is 3.04. The van der Waals surface area contributed by atoms with E-state index in [4.69, 9.17) is 0 Å². The largest absolute Gasteiger partial charge is 0.127 e. The Labute approximate surface area is 52.6 Å². The van der Waals surface area contributed by atoms with Gasteiger partial charge in [-0.25, -0.2) is 0 Å². The van der Waals surface area contributed by atoms with Gasteiger partial charge in [-0.3, -0.25) is 0 Å². The molecule has 3 atom stereocenters. The molecule has 0 N–H and O–H groups in total. The zero-order valence-electron chi connectivity index (χ0n) is 4.93. The minimum Gasteiger partial charge on any atom is -0.127 e. The highest BCUT2D eigenvalue weighted by atomic mass is 31.0. The van der Waals surface area contributed by atoms with E-state index in [-0.39, 0.29) is 0 Å². The maximum absolute atomic E-state index is 2.96. The lowest BCUT2D eigenvalue weighted by Gasteiger charge is -2.14. The first kappa shape index (κ1) is 4.99. The maximum Gasteiger partial charge on any atom is 0.00329 e. The molecule has 2 aliphatic rings. The van der Waals surface area contributed by atoms with Gasteiger partial charge < -0.3 is 0 Å².